The molecule has 3 heterocycles. The Morgan fingerprint density at radius 3 is 2.50 bits per heavy atom. The van der Waals surface area contributed by atoms with Gasteiger partial charge in [-0.3, -0.25) is 4.79 Å². The van der Waals surface area contributed by atoms with Crippen LogP contribution in [0.15, 0.2) is 39.1 Å². The van der Waals surface area contributed by atoms with E-state index in [0.717, 1.165) is 0 Å². The van der Waals surface area contributed by atoms with Gasteiger partial charge in [0.05, 0.1) is 0 Å². The smallest absolute Gasteiger partial charge is 0.273 e. The van der Waals surface area contributed by atoms with Crippen molar-refractivity contribution in [2.45, 2.75) is 18.7 Å². The van der Waals surface area contributed by atoms with Gasteiger partial charge in [0.2, 0.25) is 10.0 Å². The Hall–Kier alpha value is -2.63. The molecule has 1 saturated heterocycles. The van der Waals surface area contributed by atoms with Crippen LogP contribution in [0.4, 0.5) is 4.39 Å². The van der Waals surface area contributed by atoms with Crippen LogP contribution in [0.25, 0.3) is 10.6 Å². The molecule has 0 bridgehead atoms. The van der Waals surface area contributed by atoms with E-state index < -0.39 is 15.8 Å². The van der Waals surface area contributed by atoms with Crippen molar-refractivity contribution in [2.75, 3.05) is 26.2 Å². The van der Waals surface area contributed by atoms with E-state index in [2.05, 4.69) is 10.1 Å². The molecule has 3 aromatic rings. The number of hydrogen-bond acceptors (Lipinski definition) is 7. The lowest BCUT2D eigenvalue weighted by atomic mass is 10.2. The molecule has 0 saturated carbocycles. The highest BCUT2D eigenvalue weighted by molar-refractivity contribution is 7.89. The molecule has 0 unspecified atom stereocenters. The van der Waals surface area contributed by atoms with Crippen molar-refractivity contribution in [2.24, 2.45) is 0 Å². The van der Waals surface area contributed by atoms with Crippen LogP contribution in [-0.4, -0.2) is 59.8 Å². The fourth-order valence-corrected chi connectivity index (χ4v) is 5.93. The van der Waals surface area contributed by atoms with Crippen molar-refractivity contribution in [3.63, 3.8) is 0 Å². The molecule has 1 amide bonds. The van der Waals surface area contributed by atoms with Crippen molar-refractivity contribution < 1.29 is 22.1 Å². The highest BCUT2D eigenvalue weighted by Crippen LogP contribution is 2.27. The maximum absolute atomic E-state index is 14.0. The van der Waals surface area contributed by atoms with Gasteiger partial charge in [0.1, 0.15) is 27.1 Å². The zero-order valence-corrected chi connectivity index (χ0v) is 18.0. The predicted octanol–water partition coefficient (Wildman–Crippen LogP) is 2.70. The average Bonchev–Trinajstić information content (AvgIpc) is 3.35. The Morgan fingerprint density at radius 1 is 1.17 bits per heavy atom. The Labute approximate surface area is 177 Å². The van der Waals surface area contributed by atoms with Crippen LogP contribution < -0.4 is 0 Å². The van der Waals surface area contributed by atoms with Crippen LogP contribution in [-0.2, 0) is 10.0 Å². The quantitative estimate of drug-likeness (QED) is 0.606. The molecule has 8 nitrogen and oxygen atoms in total. The molecule has 2 aromatic heterocycles. The highest BCUT2D eigenvalue weighted by atomic mass is 32.2. The first-order valence-corrected chi connectivity index (χ1v) is 11.5. The second kappa shape index (κ2) is 7.89. The summed E-state index contributed by atoms with van der Waals surface area (Å²) in [4.78, 5) is 18.7. The summed E-state index contributed by atoms with van der Waals surface area (Å²) in [6.07, 6.45) is 0. The molecule has 1 aliphatic heterocycles. The average molecular weight is 451 g/mol. The van der Waals surface area contributed by atoms with Crippen LogP contribution in [0, 0.1) is 19.7 Å². The van der Waals surface area contributed by atoms with E-state index in [1.54, 1.807) is 42.3 Å². The topological polar surface area (TPSA) is 96.6 Å². The van der Waals surface area contributed by atoms with E-state index in [4.69, 9.17) is 4.52 Å². The number of rotatable bonds is 4. The van der Waals surface area contributed by atoms with E-state index >= 15 is 0 Å². The van der Waals surface area contributed by atoms with Crippen LogP contribution in [0.3, 0.4) is 0 Å². The third-order valence-electron chi connectivity index (χ3n) is 4.92. The van der Waals surface area contributed by atoms with E-state index in [9.17, 15) is 17.6 Å². The van der Waals surface area contributed by atoms with E-state index in [-0.39, 0.29) is 48.4 Å². The number of amides is 1. The summed E-state index contributed by atoms with van der Waals surface area (Å²) in [6, 6.07) is 6.26. The molecule has 0 N–H and O–H groups in total. The van der Waals surface area contributed by atoms with Crippen LogP contribution in [0.1, 0.15) is 21.9 Å². The molecule has 0 atom stereocenters. The van der Waals surface area contributed by atoms with Crippen molar-refractivity contribution in [3.05, 3.63) is 52.6 Å². The molecule has 0 spiro atoms. The largest absolute Gasteiger partial charge is 0.360 e. The second-order valence-electron chi connectivity index (χ2n) is 6.87. The molecule has 11 heteroatoms. The van der Waals surface area contributed by atoms with Gasteiger partial charge in [-0.15, -0.1) is 11.3 Å². The number of thiazole rings is 1. The number of benzene rings is 1. The minimum atomic E-state index is -3.75. The number of aryl methyl sites for hydroxylation is 2. The molecule has 1 fully saturated rings. The fourth-order valence-electron chi connectivity index (χ4n) is 3.40. The number of aromatic nitrogens is 2. The number of sulfonamides is 1. The first-order chi connectivity index (χ1) is 14.3. The molecule has 4 rings (SSSR count). The first-order valence-electron chi connectivity index (χ1n) is 9.22. The minimum absolute atomic E-state index is 0.0799. The number of hydrogen-bond donors (Lipinski definition) is 0. The third kappa shape index (κ3) is 3.64. The minimum Gasteiger partial charge on any atom is -0.360 e. The summed E-state index contributed by atoms with van der Waals surface area (Å²) >= 11 is 1.19. The predicted molar refractivity (Wildman–Crippen MR) is 108 cm³/mol. The van der Waals surface area contributed by atoms with Gasteiger partial charge in [-0.25, -0.2) is 17.8 Å². The van der Waals surface area contributed by atoms with Crippen molar-refractivity contribution in [3.8, 4) is 10.6 Å². The van der Waals surface area contributed by atoms with Crippen molar-refractivity contribution >= 4 is 27.3 Å². The van der Waals surface area contributed by atoms with Gasteiger partial charge in [0.15, 0.2) is 5.76 Å². The van der Waals surface area contributed by atoms with Gasteiger partial charge in [0.25, 0.3) is 5.91 Å². The number of halogens is 1. The SMILES string of the molecule is Cc1noc(C)c1S(=O)(=O)N1CCN(C(=O)c2csc(-c3ccccc3F)n2)CC1. The third-order valence-corrected chi connectivity index (χ3v) is 7.94. The summed E-state index contributed by atoms with van der Waals surface area (Å²) in [5.74, 6) is -0.457. The molecular formula is C19H19FN4O4S2. The summed E-state index contributed by atoms with van der Waals surface area (Å²) < 4.78 is 46.1. The van der Waals surface area contributed by atoms with Crippen molar-refractivity contribution in [1.82, 2.24) is 19.3 Å². The fraction of sp³-hybridized carbons (Fsp3) is 0.316. The lowest BCUT2D eigenvalue weighted by molar-refractivity contribution is 0.0692. The molecule has 0 aliphatic carbocycles. The molecule has 1 aromatic carbocycles. The first kappa shape index (κ1) is 20.6. The second-order valence-corrected chi connectivity index (χ2v) is 9.60. The maximum Gasteiger partial charge on any atom is 0.273 e. The zero-order chi connectivity index (χ0) is 21.5. The van der Waals surface area contributed by atoms with Crippen LogP contribution >= 0.6 is 11.3 Å². The van der Waals surface area contributed by atoms with Gasteiger partial charge in [-0.1, -0.05) is 17.3 Å². The summed E-state index contributed by atoms with van der Waals surface area (Å²) in [5, 5.41) is 5.74. The van der Waals surface area contributed by atoms with Gasteiger partial charge < -0.3 is 9.42 Å². The Kier molecular flexibility index (Phi) is 5.43. The lowest BCUT2D eigenvalue weighted by Gasteiger charge is -2.33. The molecular weight excluding hydrogens is 431 g/mol. The number of carbonyl (C=O) groups is 1. The molecule has 158 valence electrons. The Morgan fingerprint density at radius 2 is 1.87 bits per heavy atom. The van der Waals surface area contributed by atoms with E-state index in [0.29, 0.717) is 16.3 Å². The van der Waals surface area contributed by atoms with Gasteiger partial charge >= 0.3 is 0 Å². The molecule has 30 heavy (non-hydrogen) atoms. The van der Waals surface area contributed by atoms with Gasteiger partial charge in [-0.05, 0) is 26.0 Å². The Balaban J connectivity index is 1.46. The standard InChI is InChI=1S/C19H19FN4O4S2/c1-12-17(13(2)28-22-12)30(26,27)24-9-7-23(8-10-24)19(25)16-11-29-18(21-16)14-5-3-4-6-15(14)20/h3-6,11H,7-10H2,1-2H3. The zero-order valence-electron chi connectivity index (χ0n) is 16.3. The summed E-state index contributed by atoms with van der Waals surface area (Å²) in [5.41, 5.74) is 0.881. The number of carbonyl (C=O) groups excluding carboxylic acids is 1. The Bertz CT molecular complexity index is 1180. The highest BCUT2D eigenvalue weighted by Gasteiger charge is 2.34. The van der Waals surface area contributed by atoms with E-state index in [1.807, 2.05) is 0 Å². The normalized spacial score (nSPS) is 15.5. The van der Waals surface area contributed by atoms with E-state index in [1.165, 1.54) is 21.7 Å². The number of nitrogens with zero attached hydrogens (tertiary/aromatic N) is 4. The van der Waals surface area contributed by atoms with Crippen LogP contribution in [0.5, 0.6) is 0 Å². The van der Waals surface area contributed by atoms with Gasteiger partial charge in [0, 0.05) is 37.1 Å². The number of piperazine rings is 1. The molecule has 0 radical (unpaired) electrons. The summed E-state index contributed by atoms with van der Waals surface area (Å²) in [6.45, 7) is 3.91. The van der Waals surface area contributed by atoms with Gasteiger partial charge in [-0.2, -0.15) is 4.31 Å². The molecule has 1 aliphatic rings. The monoisotopic (exact) mass is 450 g/mol. The lowest BCUT2D eigenvalue weighted by Crippen LogP contribution is -2.50. The van der Waals surface area contributed by atoms with Crippen molar-refractivity contribution in [1.29, 1.82) is 0 Å². The van der Waals surface area contributed by atoms with Crippen LogP contribution in [0.2, 0.25) is 0 Å². The summed E-state index contributed by atoms with van der Waals surface area (Å²) in [7, 11) is -3.75. The maximum atomic E-state index is 14.0.